The summed E-state index contributed by atoms with van der Waals surface area (Å²) in [4.78, 5) is 15.3. The van der Waals surface area contributed by atoms with Crippen molar-refractivity contribution in [2.24, 2.45) is 0 Å². The molecule has 0 radical (unpaired) electrons. The van der Waals surface area contributed by atoms with Gasteiger partial charge in [-0.15, -0.1) is 0 Å². The van der Waals surface area contributed by atoms with E-state index in [0.717, 1.165) is 11.2 Å². The van der Waals surface area contributed by atoms with E-state index in [2.05, 4.69) is 19.9 Å². The molecule has 0 bridgehead atoms. The molecule has 0 saturated heterocycles. The highest BCUT2D eigenvalue weighted by molar-refractivity contribution is 5.72. The molecule has 3 aromatic rings. The molecule has 0 amide bonds. The predicted octanol–water partition coefficient (Wildman–Crippen LogP) is 1.12. The number of anilines is 1. The molecule has 3 heterocycles. The quantitative estimate of drug-likeness (QED) is 0.668. The highest BCUT2D eigenvalue weighted by Crippen LogP contribution is 2.19. The number of H-pyrrole nitrogens is 1. The van der Waals surface area contributed by atoms with Crippen LogP contribution in [-0.4, -0.2) is 19.9 Å². The average Bonchev–Trinajstić information content (AvgIpc) is 2.89. The smallest absolute Gasteiger partial charge is 0.180 e. The summed E-state index contributed by atoms with van der Waals surface area (Å²) in [6.07, 6.45) is 5.17. The largest absolute Gasteiger partial charge is 0.467 e. The van der Waals surface area contributed by atoms with Crippen molar-refractivity contribution in [1.29, 1.82) is 0 Å². The van der Waals surface area contributed by atoms with Crippen LogP contribution in [0.3, 0.4) is 0 Å². The topological polar surface area (TPSA) is 93.6 Å². The summed E-state index contributed by atoms with van der Waals surface area (Å²) in [5.41, 5.74) is 8.67. The van der Waals surface area contributed by atoms with E-state index in [1.165, 1.54) is 6.33 Å². The molecule has 0 fully saturated rings. The Morgan fingerprint density at radius 3 is 3.06 bits per heavy atom. The lowest BCUT2D eigenvalue weighted by atomic mass is 10.2. The molecule has 0 saturated carbocycles. The van der Waals surface area contributed by atoms with E-state index in [-0.39, 0.29) is 0 Å². The van der Waals surface area contributed by atoms with E-state index in [0.29, 0.717) is 23.5 Å². The number of imidazole rings is 1. The molecule has 0 aromatic carbocycles. The van der Waals surface area contributed by atoms with Crippen molar-refractivity contribution >= 4 is 16.9 Å². The van der Waals surface area contributed by atoms with Crippen molar-refractivity contribution < 1.29 is 4.42 Å². The number of hydrogen-bond acceptors (Lipinski definition) is 5. The lowest BCUT2D eigenvalue weighted by Crippen LogP contribution is -1.96. The number of fused-ring (bicyclic) bond motifs is 1. The lowest BCUT2D eigenvalue weighted by Gasteiger charge is -1.99. The monoisotopic (exact) mass is 215 g/mol. The van der Waals surface area contributed by atoms with Gasteiger partial charge in [0.05, 0.1) is 30.4 Å². The van der Waals surface area contributed by atoms with Crippen molar-refractivity contribution in [3.63, 3.8) is 0 Å². The fourth-order valence-electron chi connectivity index (χ4n) is 1.60. The number of furan rings is 1. The van der Waals surface area contributed by atoms with Crippen molar-refractivity contribution in [3.05, 3.63) is 36.4 Å². The first-order chi connectivity index (χ1) is 7.84. The summed E-state index contributed by atoms with van der Waals surface area (Å²) in [5, 5.41) is 0. The first-order valence-electron chi connectivity index (χ1n) is 4.79. The SMILES string of the molecule is Nc1ccoc1Cc1ncnc2nc[nH]c12. The molecule has 0 aliphatic heterocycles. The van der Waals surface area contributed by atoms with Crippen molar-refractivity contribution in [2.45, 2.75) is 6.42 Å². The standard InChI is InChI=1S/C10H9N5O/c11-6-1-2-16-8(6)3-7-9-10(14-4-12-7)15-5-13-9/h1-2,4-5H,3,11H2,(H,12,13,14,15). The van der Waals surface area contributed by atoms with Crippen LogP contribution in [0, 0.1) is 0 Å². The summed E-state index contributed by atoms with van der Waals surface area (Å²) in [6, 6.07) is 1.72. The Bertz CT molecular complexity index is 627. The van der Waals surface area contributed by atoms with Gasteiger partial charge in [-0.05, 0) is 6.07 Å². The molecule has 0 aliphatic carbocycles. The predicted molar refractivity (Wildman–Crippen MR) is 57.6 cm³/mol. The molecular formula is C10H9N5O. The average molecular weight is 215 g/mol. The number of nitrogens with zero attached hydrogens (tertiary/aromatic N) is 3. The lowest BCUT2D eigenvalue weighted by molar-refractivity contribution is 0.521. The van der Waals surface area contributed by atoms with Gasteiger partial charge in [0.15, 0.2) is 5.65 Å². The Kier molecular flexibility index (Phi) is 1.86. The van der Waals surface area contributed by atoms with E-state index in [9.17, 15) is 0 Å². The van der Waals surface area contributed by atoms with Crippen LogP contribution < -0.4 is 5.73 Å². The van der Waals surface area contributed by atoms with Gasteiger partial charge in [0.2, 0.25) is 0 Å². The van der Waals surface area contributed by atoms with Crippen LogP contribution in [0.2, 0.25) is 0 Å². The molecule has 0 spiro atoms. The van der Waals surface area contributed by atoms with E-state index in [1.54, 1.807) is 18.7 Å². The molecule has 80 valence electrons. The van der Waals surface area contributed by atoms with E-state index in [4.69, 9.17) is 10.2 Å². The molecule has 6 heteroatoms. The second-order valence-electron chi connectivity index (χ2n) is 3.40. The van der Waals surface area contributed by atoms with Crippen molar-refractivity contribution in [2.75, 3.05) is 5.73 Å². The molecule has 3 N–H and O–H groups in total. The van der Waals surface area contributed by atoms with Gasteiger partial charge < -0.3 is 15.1 Å². The number of nitrogen functional groups attached to an aromatic ring is 1. The minimum absolute atomic E-state index is 0.528. The Morgan fingerprint density at radius 2 is 2.25 bits per heavy atom. The first-order valence-corrected chi connectivity index (χ1v) is 4.79. The zero-order chi connectivity index (χ0) is 11.0. The number of rotatable bonds is 2. The number of nitrogens with one attached hydrogen (secondary N) is 1. The molecular weight excluding hydrogens is 206 g/mol. The summed E-state index contributed by atoms with van der Waals surface area (Å²) in [5.74, 6) is 0.703. The second kappa shape index (κ2) is 3.34. The van der Waals surface area contributed by atoms with Crippen LogP contribution >= 0.6 is 0 Å². The summed E-state index contributed by atoms with van der Waals surface area (Å²) < 4.78 is 5.27. The minimum Gasteiger partial charge on any atom is -0.467 e. The molecule has 6 nitrogen and oxygen atoms in total. The van der Waals surface area contributed by atoms with E-state index < -0.39 is 0 Å². The maximum atomic E-state index is 5.74. The highest BCUT2D eigenvalue weighted by Gasteiger charge is 2.10. The Hall–Kier alpha value is -2.37. The van der Waals surface area contributed by atoms with E-state index >= 15 is 0 Å². The van der Waals surface area contributed by atoms with Crippen LogP contribution in [0.4, 0.5) is 5.69 Å². The third-order valence-corrected chi connectivity index (χ3v) is 2.41. The Morgan fingerprint density at radius 1 is 1.31 bits per heavy atom. The second-order valence-corrected chi connectivity index (χ2v) is 3.40. The summed E-state index contributed by atoms with van der Waals surface area (Å²) in [7, 11) is 0. The Labute approximate surface area is 90.5 Å². The zero-order valence-electron chi connectivity index (χ0n) is 8.34. The number of hydrogen-bond donors (Lipinski definition) is 2. The number of aromatic nitrogens is 4. The van der Waals surface area contributed by atoms with E-state index in [1.807, 2.05) is 0 Å². The van der Waals surface area contributed by atoms with Gasteiger partial charge >= 0.3 is 0 Å². The van der Waals surface area contributed by atoms with Gasteiger partial charge in [-0.25, -0.2) is 15.0 Å². The molecule has 0 unspecified atom stereocenters. The Balaban J connectivity index is 2.07. The van der Waals surface area contributed by atoms with Gasteiger partial charge in [0.1, 0.15) is 17.6 Å². The van der Waals surface area contributed by atoms with Crippen LogP contribution in [0.1, 0.15) is 11.5 Å². The van der Waals surface area contributed by atoms with Gasteiger partial charge in [-0.2, -0.15) is 0 Å². The molecule has 16 heavy (non-hydrogen) atoms. The zero-order valence-corrected chi connectivity index (χ0v) is 8.34. The fraction of sp³-hybridized carbons (Fsp3) is 0.100. The number of nitrogens with two attached hydrogens (primary N) is 1. The van der Waals surface area contributed by atoms with Gasteiger partial charge in [0, 0.05) is 0 Å². The maximum absolute atomic E-state index is 5.74. The molecule has 0 aliphatic rings. The van der Waals surface area contributed by atoms with Crippen LogP contribution in [0.15, 0.2) is 29.4 Å². The molecule has 3 aromatic heterocycles. The fourth-order valence-corrected chi connectivity index (χ4v) is 1.60. The third kappa shape index (κ3) is 1.31. The first kappa shape index (κ1) is 8.90. The molecule has 0 atom stereocenters. The van der Waals surface area contributed by atoms with Gasteiger partial charge in [-0.3, -0.25) is 0 Å². The van der Waals surface area contributed by atoms with Crippen molar-refractivity contribution in [3.8, 4) is 0 Å². The van der Waals surface area contributed by atoms with Crippen LogP contribution in [-0.2, 0) is 6.42 Å². The maximum Gasteiger partial charge on any atom is 0.180 e. The van der Waals surface area contributed by atoms with Crippen molar-refractivity contribution in [1.82, 2.24) is 19.9 Å². The van der Waals surface area contributed by atoms with Crippen LogP contribution in [0.5, 0.6) is 0 Å². The minimum atomic E-state index is 0.528. The number of aromatic amines is 1. The normalized spacial score (nSPS) is 11.0. The highest BCUT2D eigenvalue weighted by atomic mass is 16.3. The summed E-state index contributed by atoms with van der Waals surface area (Å²) >= 11 is 0. The molecule has 3 rings (SSSR count). The summed E-state index contributed by atoms with van der Waals surface area (Å²) in [6.45, 7) is 0. The van der Waals surface area contributed by atoms with Crippen LogP contribution in [0.25, 0.3) is 11.2 Å². The third-order valence-electron chi connectivity index (χ3n) is 2.41. The van der Waals surface area contributed by atoms with Gasteiger partial charge in [0.25, 0.3) is 0 Å². The van der Waals surface area contributed by atoms with Gasteiger partial charge in [-0.1, -0.05) is 0 Å².